The third kappa shape index (κ3) is 3.62. The topological polar surface area (TPSA) is 61.9 Å². The van der Waals surface area contributed by atoms with E-state index in [2.05, 4.69) is 5.32 Å². The zero-order valence-corrected chi connectivity index (χ0v) is 15.9. The fourth-order valence-electron chi connectivity index (χ4n) is 3.90. The van der Waals surface area contributed by atoms with Gasteiger partial charge in [-0.15, -0.1) is 0 Å². The zero-order valence-electron chi connectivity index (χ0n) is 15.9. The number of benzene rings is 2. The maximum absolute atomic E-state index is 14.5. The highest BCUT2D eigenvalue weighted by molar-refractivity contribution is 5.78. The molecule has 2 aromatic carbocycles. The SMILES string of the molecule is CNC(=O)OC1(F)CN(C(=O)N2CCc3ccccc3C2c2ccc(F)cc2)C1. The van der Waals surface area contributed by atoms with Crippen molar-refractivity contribution in [1.82, 2.24) is 15.1 Å². The van der Waals surface area contributed by atoms with Gasteiger partial charge in [0.15, 0.2) is 0 Å². The van der Waals surface area contributed by atoms with Crippen molar-refractivity contribution in [2.24, 2.45) is 0 Å². The number of carbonyl (C=O) groups excluding carboxylic acids is 2. The average Bonchev–Trinajstić information content (AvgIpc) is 2.71. The van der Waals surface area contributed by atoms with Crippen molar-refractivity contribution in [3.05, 3.63) is 71.0 Å². The number of rotatable bonds is 2. The number of amides is 3. The molecule has 4 rings (SSSR count). The Kier molecular flexibility index (Phi) is 4.86. The Morgan fingerprint density at radius 3 is 2.52 bits per heavy atom. The summed E-state index contributed by atoms with van der Waals surface area (Å²) in [5.74, 6) is -2.54. The van der Waals surface area contributed by atoms with Crippen LogP contribution in [0.25, 0.3) is 0 Å². The van der Waals surface area contributed by atoms with Crippen LogP contribution >= 0.6 is 0 Å². The molecule has 0 spiro atoms. The minimum atomic E-state index is -2.19. The summed E-state index contributed by atoms with van der Waals surface area (Å²) in [4.78, 5) is 27.4. The molecule has 152 valence electrons. The van der Waals surface area contributed by atoms with Gasteiger partial charge in [0.2, 0.25) is 0 Å². The second-order valence-electron chi connectivity index (χ2n) is 7.26. The molecule has 0 saturated carbocycles. The number of nitrogens with one attached hydrogen (secondary N) is 1. The molecule has 2 heterocycles. The highest BCUT2D eigenvalue weighted by Crippen LogP contribution is 2.37. The number of alkyl carbamates (subject to hydrolysis) is 1. The van der Waals surface area contributed by atoms with Gasteiger partial charge in [0.25, 0.3) is 5.85 Å². The van der Waals surface area contributed by atoms with Gasteiger partial charge >= 0.3 is 12.1 Å². The zero-order chi connectivity index (χ0) is 20.6. The molecule has 1 fully saturated rings. The Morgan fingerprint density at radius 1 is 1.14 bits per heavy atom. The van der Waals surface area contributed by atoms with Crippen LogP contribution in [0.2, 0.25) is 0 Å². The predicted molar refractivity (Wildman–Crippen MR) is 101 cm³/mol. The minimum absolute atomic E-state index is 0.326. The van der Waals surface area contributed by atoms with Gasteiger partial charge in [-0.3, -0.25) is 0 Å². The van der Waals surface area contributed by atoms with Crippen LogP contribution in [-0.2, 0) is 11.2 Å². The first-order chi connectivity index (χ1) is 13.9. The molecule has 3 amide bonds. The highest BCUT2D eigenvalue weighted by Gasteiger charge is 2.51. The van der Waals surface area contributed by atoms with Gasteiger partial charge in [0.05, 0.1) is 19.1 Å². The molecule has 29 heavy (non-hydrogen) atoms. The fraction of sp³-hybridized carbons (Fsp3) is 0.333. The lowest BCUT2D eigenvalue weighted by atomic mass is 9.88. The molecule has 6 nitrogen and oxygen atoms in total. The Hall–Kier alpha value is -3.16. The van der Waals surface area contributed by atoms with Gasteiger partial charge in [-0.1, -0.05) is 36.4 Å². The van der Waals surface area contributed by atoms with E-state index in [1.807, 2.05) is 24.3 Å². The summed E-state index contributed by atoms with van der Waals surface area (Å²) >= 11 is 0. The smallest absolute Gasteiger partial charge is 0.408 e. The number of alkyl halides is 1. The van der Waals surface area contributed by atoms with Crippen molar-refractivity contribution in [1.29, 1.82) is 0 Å². The quantitative estimate of drug-likeness (QED) is 0.841. The molecule has 2 aromatic rings. The normalized spacial score (nSPS) is 19.8. The summed E-state index contributed by atoms with van der Waals surface area (Å²) in [6, 6.07) is 13.1. The van der Waals surface area contributed by atoms with Crippen LogP contribution in [-0.4, -0.2) is 54.5 Å². The number of nitrogens with zero attached hydrogens (tertiary/aromatic N) is 2. The van der Waals surface area contributed by atoms with E-state index in [1.165, 1.54) is 24.1 Å². The molecule has 2 aliphatic heterocycles. The first-order valence-electron chi connectivity index (χ1n) is 9.39. The largest absolute Gasteiger partial charge is 0.409 e. The molecular formula is C21H21F2N3O3. The molecule has 0 aliphatic carbocycles. The summed E-state index contributed by atoms with van der Waals surface area (Å²) < 4.78 is 32.6. The van der Waals surface area contributed by atoms with Crippen molar-refractivity contribution in [2.45, 2.75) is 18.3 Å². The summed E-state index contributed by atoms with van der Waals surface area (Å²) in [5, 5.41) is 2.20. The predicted octanol–water partition coefficient (Wildman–Crippen LogP) is 3.23. The lowest BCUT2D eigenvalue weighted by Gasteiger charge is -2.47. The Balaban J connectivity index is 1.58. The van der Waals surface area contributed by atoms with Crippen LogP contribution in [0.3, 0.4) is 0 Å². The van der Waals surface area contributed by atoms with Crippen molar-refractivity contribution >= 4 is 12.1 Å². The van der Waals surface area contributed by atoms with Gasteiger partial charge in [0.1, 0.15) is 5.82 Å². The molecule has 1 atom stereocenters. The van der Waals surface area contributed by atoms with Crippen LogP contribution in [0.5, 0.6) is 0 Å². The Labute approximate surface area is 167 Å². The van der Waals surface area contributed by atoms with Crippen LogP contribution in [0.15, 0.2) is 48.5 Å². The highest BCUT2D eigenvalue weighted by atomic mass is 19.2. The number of carbonyl (C=O) groups is 2. The third-order valence-electron chi connectivity index (χ3n) is 5.32. The second kappa shape index (κ2) is 7.35. The van der Waals surface area contributed by atoms with Crippen molar-refractivity contribution < 1.29 is 23.1 Å². The summed E-state index contributed by atoms with van der Waals surface area (Å²) in [6.07, 6.45) is -0.209. The van der Waals surface area contributed by atoms with E-state index in [-0.39, 0.29) is 24.9 Å². The number of hydrogen-bond donors (Lipinski definition) is 1. The first-order valence-corrected chi connectivity index (χ1v) is 9.39. The number of halogens is 2. The minimum Gasteiger partial charge on any atom is -0.408 e. The van der Waals surface area contributed by atoms with Crippen LogP contribution in [0.4, 0.5) is 18.4 Å². The van der Waals surface area contributed by atoms with Crippen LogP contribution < -0.4 is 5.32 Å². The van der Waals surface area contributed by atoms with Crippen molar-refractivity contribution in [3.8, 4) is 0 Å². The van der Waals surface area contributed by atoms with Crippen molar-refractivity contribution in [3.63, 3.8) is 0 Å². The van der Waals surface area contributed by atoms with Crippen LogP contribution in [0.1, 0.15) is 22.7 Å². The summed E-state index contributed by atoms with van der Waals surface area (Å²) in [7, 11) is 1.34. The fourth-order valence-corrected chi connectivity index (χ4v) is 3.90. The summed E-state index contributed by atoms with van der Waals surface area (Å²) in [5.41, 5.74) is 2.87. The van der Waals surface area contributed by atoms with E-state index in [0.29, 0.717) is 13.0 Å². The van der Waals surface area contributed by atoms with Gasteiger partial charge in [-0.25, -0.2) is 14.0 Å². The van der Waals surface area contributed by atoms with E-state index in [1.54, 1.807) is 17.0 Å². The maximum atomic E-state index is 14.5. The maximum Gasteiger partial charge on any atom is 0.409 e. The standard InChI is InChI=1S/C21H21F2N3O3/c1-24-19(27)29-21(23)12-25(13-21)20(28)26-11-10-14-4-2-3-5-17(14)18(26)15-6-8-16(22)9-7-15/h2-9,18H,10-13H2,1H3,(H,24,27). The average molecular weight is 401 g/mol. The lowest BCUT2D eigenvalue weighted by molar-refractivity contribution is -0.176. The van der Waals surface area contributed by atoms with E-state index in [4.69, 9.17) is 4.74 Å². The van der Waals surface area contributed by atoms with Crippen LogP contribution in [0, 0.1) is 5.82 Å². The molecule has 1 N–H and O–H groups in total. The molecule has 2 aliphatic rings. The third-order valence-corrected chi connectivity index (χ3v) is 5.32. The number of fused-ring (bicyclic) bond motifs is 1. The van der Waals surface area contributed by atoms with E-state index < -0.39 is 18.0 Å². The molecule has 8 heteroatoms. The van der Waals surface area contributed by atoms with E-state index in [9.17, 15) is 18.4 Å². The number of likely N-dealkylation sites (tertiary alicyclic amines) is 1. The van der Waals surface area contributed by atoms with E-state index >= 15 is 0 Å². The summed E-state index contributed by atoms with van der Waals surface area (Å²) in [6.45, 7) is -0.203. The Morgan fingerprint density at radius 2 is 1.83 bits per heavy atom. The molecule has 0 bridgehead atoms. The molecule has 1 saturated heterocycles. The van der Waals surface area contributed by atoms with Gasteiger partial charge in [0, 0.05) is 13.6 Å². The Bertz CT molecular complexity index is 929. The molecule has 0 aromatic heterocycles. The van der Waals surface area contributed by atoms with Crippen molar-refractivity contribution in [2.75, 3.05) is 26.7 Å². The lowest BCUT2D eigenvalue weighted by Crippen LogP contribution is -2.66. The number of ether oxygens (including phenoxy) is 1. The molecule has 0 radical (unpaired) electrons. The number of urea groups is 1. The monoisotopic (exact) mass is 401 g/mol. The molecular weight excluding hydrogens is 380 g/mol. The first kappa shape index (κ1) is 19.2. The van der Waals surface area contributed by atoms with Gasteiger partial charge in [-0.05, 0) is 35.2 Å². The molecule has 1 unspecified atom stereocenters. The van der Waals surface area contributed by atoms with Gasteiger partial charge < -0.3 is 19.9 Å². The van der Waals surface area contributed by atoms with E-state index in [0.717, 1.165) is 16.7 Å². The number of hydrogen-bond acceptors (Lipinski definition) is 3. The second-order valence-corrected chi connectivity index (χ2v) is 7.26. The van der Waals surface area contributed by atoms with Gasteiger partial charge in [-0.2, -0.15) is 4.39 Å².